The van der Waals surface area contributed by atoms with Crippen molar-refractivity contribution in [2.45, 2.75) is 26.3 Å². The fourth-order valence-corrected chi connectivity index (χ4v) is 1.74. The molecule has 1 rings (SSSR count). The first kappa shape index (κ1) is 10.1. The summed E-state index contributed by atoms with van der Waals surface area (Å²) in [6, 6.07) is 0. The van der Waals surface area contributed by atoms with Gasteiger partial charge < -0.3 is 0 Å². The second kappa shape index (κ2) is 4.87. The summed E-state index contributed by atoms with van der Waals surface area (Å²) < 4.78 is 1.98. The standard InChI is InChI=1S/C8H12BrClN2/c1-2-5-12-8(3-4-9)7(10)6-11-12/h6H,2-5H2,1H3. The molecule has 0 aliphatic heterocycles. The normalized spacial score (nSPS) is 10.6. The number of aromatic nitrogens is 2. The zero-order valence-corrected chi connectivity index (χ0v) is 9.40. The van der Waals surface area contributed by atoms with Crippen LogP contribution in [0.2, 0.25) is 5.02 Å². The summed E-state index contributed by atoms with van der Waals surface area (Å²) in [5.74, 6) is 0. The van der Waals surface area contributed by atoms with E-state index in [9.17, 15) is 0 Å². The van der Waals surface area contributed by atoms with Gasteiger partial charge in [-0.25, -0.2) is 0 Å². The largest absolute Gasteiger partial charge is 0.268 e. The first-order chi connectivity index (χ1) is 5.79. The van der Waals surface area contributed by atoms with E-state index in [0.29, 0.717) is 0 Å². The van der Waals surface area contributed by atoms with Crippen molar-refractivity contribution < 1.29 is 0 Å². The van der Waals surface area contributed by atoms with Crippen LogP contribution in [0.3, 0.4) is 0 Å². The van der Waals surface area contributed by atoms with Crippen LogP contribution in [0.1, 0.15) is 19.0 Å². The maximum Gasteiger partial charge on any atom is 0.0818 e. The van der Waals surface area contributed by atoms with Crippen LogP contribution >= 0.6 is 27.5 Å². The molecule has 0 saturated heterocycles. The third kappa shape index (κ3) is 2.23. The van der Waals surface area contributed by atoms with Crippen LogP contribution in [0.15, 0.2) is 6.20 Å². The van der Waals surface area contributed by atoms with Crippen molar-refractivity contribution in [1.82, 2.24) is 9.78 Å². The molecule has 0 saturated carbocycles. The first-order valence-electron chi connectivity index (χ1n) is 4.05. The van der Waals surface area contributed by atoms with E-state index >= 15 is 0 Å². The van der Waals surface area contributed by atoms with E-state index in [4.69, 9.17) is 11.6 Å². The fraction of sp³-hybridized carbons (Fsp3) is 0.625. The van der Waals surface area contributed by atoms with E-state index in [1.807, 2.05) is 4.68 Å². The highest BCUT2D eigenvalue weighted by molar-refractivity contribution is 9.09. The Hall–Kier alpha value is -0.0200. The van der Waals surface area contributed by atoms with Crippen molar-refractivity contribution in [3.63, 3.8) is 0 Å². The number of alkyl halides is 1. The predicted molar refractivity (Wildman–Crippen MR) is 55.0 cm³/mol. The lowest BCUT2D eigenvalue weighted by Gasteiger charge is -2.03. The highest BCUT2D eigenvalue weighted by Gasteiger charge is 2.06. The van der Waals surface area contributed by atoms with Crippen LogP contribution < -0.4 is 0 Å². The average Bonchev–Trinajstić information content (AvgIpc) is 2.37. The van der Waals surface area contributed by atoms with Gasteiger partial charge in [-0.3, -0.25) is 4.68 Å². The Balaban J connectivity index is 2.80. The van der Waals surface area contributed by atoms with Gasteiger partial charge in [-0.1, -0.05) is 34.5 Å². The maximum absolute atomic E-state index is 5.96. The molecule has 0 aliphatic carbocycles. The number of rotatable bonds is 4. The summed E-state index contributed by atoms with van der Waals surface area (Å²) in [5.41, 5.74) is 1.13. The second-order valence-electron chi connectivity index (χ2n) is 2.60. The van der Waals surface area contributed by atoms with E-state index in [1.54, 1.807) is 6.20 Å². The number of aryl methyl sites for hydroxylation is 1. The Morgan fingerprint density at radius 3 is 3.00 bits per heavy atom. The van der Waals surface area contributed by atoms with Gasteiger partial charge in [0.15, 0.2) is 0 Å². The monoisotopic (exact) mass is 250 g/mol. The number of hydrogen-bond acceptors (Lipinski definition) is 1. The van der Waals surface area contributed by atoms with Crippen molar-refractivity contribution in [1.29, 1.82) is 0 Å². The van der Waals surface area contributed by atoms with Crippen molar-refractivity contribution >= 4 is 27.5 Å². The molecule has 4 heteroatoms. The average molecular weight is 252 g/mol. The highest BCUT2D eigenvalue weighted by atomic mass is 79.9. The summed E-state index contributed by atoms with van der Waals surface area (Å²) in [4.78, 5) is 0. The van der Waals surface area contributed by atoms with Crippen LogP contribution in [0.4, 0.5) is 0 Å². The van der Waals surface area contributed by atoms with Crippen LogP contribution in [0.5, 0.6) is 0 Å². The Bertz CT molecular complexity index is 247. The van der Waals surface area contributed by atoms with Crippen molar-refractivity contribution in [3.8, 4) is 0 Å². The number of nitrogens with zero attached hydrogens (tertiary/aromatic N) is 2. The van der Waals surface area contributed by atoms with Crippen molar-refractivity contribution in [2.75, 3.05) is 5.33 Å². The lowest BCUT2D eigenvalue weighted by Crippen LogP contribution is -2.04. The Morgan fingerprint density at radius 1 is 1.67 bits per heavy atom. The van der Waals surface area contributed by atoms with E-state index in [2.05, 4.69) is 28.0 Å². The molecule has 12 heavy (non-hydrogen) atoms. The molecule has 0 spiro atoms. The highest BCUT2D eigenvalue weighted by Crippen LogP contribution is 2.16. The quantitative estimate of drug-likeness (QED) is 0.753. The third-order valence-corrected chi connectivity index (χ3v) is 2.38. The lowest BCUT2D eigenvalue weighted by atomic mass is 10.3. The minimum Gasteiger partial charge on any atom is -0.268 e. The van der Waals surface area contributed by atoms with Gasteiger partial charge in [0.05, 0.1) is 16.9 Å². The smallest absolute Gasteiger partial charge is 0.0818 e. The van der Waals surface area contributed by atoms with Crippen molar-refractivity contribution in [2.24, 2.45) is 0 Å². The van der Waals surface area contributed by atoms with E-state index in [0.717, 1.165) is 35.4 Å². The molecular weight excluding hydrogens is 239 g/mol. The summed E-state index contributed by atoms with van der Waals surface area (Å²) in [6.07, 6.45) is 3.75. The molecule has 0 fully saturated rings. The fourth-order valence-electron chi connectivity index (χ4n) is 1.13. The van der Waals surface area contributed by atoms with Gasteiger partial charge in [0.1, 0.15) is 0 Å². The molecule has 0 radical (unpaired) electrons. The Morgan fingerprint density at radius 2 is 2.42 bits per heavy atom. The molecule has 1 aromatic rings. The first-order valence-corrected chi connectivity index (χ1v) is 5.55. The Labute approximate surface area is 86.0 Å². The molecule has 1 heterocycles. The van der Waals surface area contributed by atoms with Gasteiger partial charge >= 0.3 is 0 Å². The van der Waals surface area contributed by atoms with Crippen LogP contribution in [0, 0.1) is 0 Å². The SMILES string of the molecule is CCCn1ncc(Cl)c1CCBr. The summed E-state index contributed by atoms with van der Waals surface area (Å²) in [5, 5.41) is 5.90. The van der Waals surface area contributed by atoms with E-state index in [-0.39, 0.29) is 0 Å². The van der Waals surface area contributed by atoms with Gasteiger partial charge in [0.25, 0.3) is 0 Å². The molecule has 0 N–H and O–H groups in total. The zero-order valence-electron chi connectivity index (χ0n) is 7.06. The van der Waals surface area contributed by atoms with Gasteiger partial charge in [-0.15, -0.1) is 0 Å². The molecule has 68 valence electrons. The molecule has 0 atom stereocenters. The van der Waals surface area contributed by atoms with Crippen LogP contribution in [0.25, 0.3) is 0 Å². The summed E-state index contributed by atoms with van der Waals surface area (Å²) in [6.45, 7) is 3.09. The molecular formula is C8H12BrClN2. The number of halogens is 2. The van der Waals surface area contributed by atoms with E-state index in [1.165, 1.54) is 0 Å². The molecule has 2 nitrogen and oxygen atoms in total. The van der Waals surface area contributed by atoms with Gasteiger partial charge in [-0.05, 0) is 6.42 Å². The number of hydrogen-bond donors (Lipinski definition) is 0. The molecule has 0 unspecified atom stereocenters. The minimum atomic E-state index is 0.780. The molecule has 0 aromatic carbocycles. The van der Waals surface area contributed by atoms with Gasteiger partial charge in [0.2, 0.25) is 0 Å². The van der Waals surface area contributed by atoms with Crippen LogP contribution in [-0.2, 0) is 13.0 Å². The maximum atomic E-state index is 5.96. The zero-order chi connectivity index (χ0) is 8.97. The van der Waals surface area contributed by atoms with Crippen LogP contribution in [-0.4, -0.2) is 15.1 Å². The predicted octanol–water partition coefficient (Wildman–Crippen LogP) is 2.88. The van der Waals surface area contributed by atoms with Gasteiger partial charge in [0, 0.05) is 18.3 Å². The Kier molecular flexibility index (Phi) is 4.09. The molecule has 0 amide bonds. The third-order valence-electron chi connectivity index (χ3n) is 1.66. The second-order valence-corrected chi connectivity index (χ2v) is 3.80. The minimum absolute atomic E-state index is 0.780. The topological polar surface area (TPSA) is 17.8 Å². The molecule has 0 bridgehead atoms. The van der Waals surface area contributed by atoms with Gasteiger partial charge in [-0.2, -0.15) is 5.10 Å². The molecule has 1 aromatic heterocycles. The lowest BCUT2D eigenvalue weighted by molar-refractivity contribution is 0.578. The summed E-state index contributed by atoms with van der Waals surface area (Å²) >= 11 is 9.35. The van der Waals surface area contributed by atoms with E-state index < -0.39 is 0 Å². The summed E-state index contributed by atoms with van der Waals surface area (Å²) in [7, 11) is 0. The molecule has 0 aliphatic rings. The van der Waals surface area contributed by atoms with Crippen molar-refractivity contribution in [3.05, 3.63) is 16.9 Å².